The Hall–Kier alpha value is -1.55. The molecule has 7 nitrogen and oxygen atoms in total. The van der Waals surface area contributed by atoms with Crippen LogP contribution in [0.4, 0.5) is 4.79 Å². The van der Waals surface area contributed by atoms with Crippen molar-refractivity contribution in [1.29, 1.82) is 0 Å². The molecular formula is C21H35IN4O3. The number of guanidine groups is 1. The molecule has 1 saturated heterocycles. The molecule has 29 heavy (non-hydrogen) atoms. The highest BCUT2D eigenvalue weighted by molar-refractivity contribution is 14.0. The van der Waals surface area contributed by atoms with Gasteiger partial charge in [-0.3, -0.25) is 4.99 Å². The largest absolute Gasteiger partial charge is 0.444 e. The molecule has 1 amide bonds. The van der Waals surface area contributed by atoms with Crippen molar-refractivity contribution in [3.8, 4) is 0 Å². The normalized spacial score (nSPS) is 17.4. The summed E-state index contributed by atoms with van der Waals surface area (Å²) >= 11 is 0. The number of morpholine rings is 1. The molecule has 0 radical (unpaired) electrons. The van der Waals surface area contributed by atoms with Gasteiger partial charge in [-0.05, 0) is 38.8 Å². The van der Waals surface area contributed by atoms with Gasteiger partial charge in [-0.2, -0.15) is 0 Å². The number of carbonyl (C=O) groups is 1. The summed E-state index contributed by atoms with van der Waals surface area (Å²) in [5.74, 6) is 0.819. The molecule has 1 atom stereocenters. The Kier molecular flexibility index (Phi) is 10.2. The fourth-order valence-corrected chi connectivity index (χ4v) is 3.08. The molecule has 1 aromatic carbocycles. The second kappa shape index (κ2) is 11.6. The maximum atomic E-state index is 12.1. The third-order valence-electron chi connectivity index (χ3n) is 4.55. The molecule has 0 aromatic heterocycles. The lowest BCUT2D eigenvalue weighted by atomic mass is 10.0. The standard InChI is InChI=1S/C21H34N4O3.HI/c1-16-9-7-8-10-17(16)18-15-25(13-14-27-18)19(22-5)23-11-12-24(6)20(26)28-21(2,3)4;/h7-10,18H,11-15H2,1-6H3,(H,22,23);1H. The molecule has 1 N–H and O–H groups in total. The third kappa shape index (κ3) is 8.00. The molecule has 0 aliphatic carbocycles. The lowest BCUT2D eigenvalue weighted by Gasteiger charge is -2.36. The second-order valence-corrected chi connectivity index (χ2v) is 8.04. The predicted molar refractivity (Wildman–Crippen MR) is 127 cm³/mol. The second-order valence-electron chi connectivity index (χ2n) is 8.04. The van der Waals surface area contributed by atoms with E-state index < -0.39 is 5.60 Å². The van der Waals surface area contributed by atoms with Crippen LogP contribution in [0.1, 0.15) is 38.0 Å². The van der Waals surface area contributed by atoms with Crippen molar-refractivity contribution in [2.45, 2.75) is 39.4 Å². The van der Waals surface area contributed by atoms with Crippen molar-refractivity contribution in [3.05, 3.63) is 35.4 Å². The average molecular weight is 518 g/mol. The quantitative estimate of drug-likeness (QED) is 0.376. The first kappa shape index (κ1) is 25.5. The van der Waals surface area contributed by atoms with Crippen molar-refractivity contribution >= 4 is 36.0 Å². The fraction of sp³-hybridized carbons (Fsp3) is 0.619. The first-order valence-corrected chi connectivity index (χ1v) is 9.78. The monoisotopic (exact) mass is 518 g/mol. The van der Waals surface area contributed by atoms with E-state index in [4.69, 9.17) is 9.47 Å². The number of hydrogen-bond donors (Lipinski definition) is 1. The molecule has 0 bridgehead atoms. The van der Waals surface area contributed by atoms with Gasteiger partial charge in [0.2, 0.25) is 0 Å². The number of amides is 1. The molecule has 1 fully saturated rings. The van der Waals surface area contributed by atoms with Gasteiger partial charge in [-0.15, -0.1) is 24.0 Å². The molecule has 0 saturated carbocycles. The summed E-state index contributed by atoms with van der Waals surface area (Å²) in [7, 11) is 3.51. The summed E-state index contributed by atoms with van der Waals surface area (Å²) in [6.45, 7) is 11.0. The number of likely N-dealkylation sites (N-methyl/N-ethyl adjacent to an activating group) is 1. The topological polar surface area (TPSA) is 66.4 Å². The maximum Gasteiger partial charge on any atom is 0.410 e. The molecule has 1 aliphatic heterocycles. The van der Waals surface area contributed by atoms with Crippen LogP contribution in [0.25, 0.3) is 0 Å². The van der Waals surface area contributed by atoms with Gasteiger partial charge in [0.25, 0.3) is 0 Å². The zero-order valence-corrected chi connectivity index (χ0v) is 20.7. The number of aryl methyl sites for hydroxylation is 1. The number of nitrogens with one attached hydrogen (secondary N) is 1. The van der Waals surface area contributed by atoms with Crippen LogP contribution in [0.15, 0.2) is 29.3 Å². The number of aliphatic imine (C=N–C) groups is 1. The van der Waals surface area contributed by atoms with Crippen LogP contribution in [-0.4, -0.2) is 74.3 Å². The first-order valence-electron chi connectivity index (χ1n) is 9.78. The Morgan fingerprint density at radius 2 is 2.07 bits per heavy atom. The zero-order chi connectivity index (χ0) is 20.7. The van der Waals surface area contributed by atoms with Gasteiger partial charge in [0.15, 0.2) is 5.96 Å². The van der Waals surface area contributed by atoms with Crippen LogP contribution in [0.5, 0.6) is 0 Å². The van der Waals surface area contributed by atoms with E-state index >= 15 is 0 Å². The Morgan fingerprint density at radius 1 is 1.38 bits per heavy atom. The number of hydrogen-bond acceptors (Lipinski definition) is 4. The van der Waals surface area contributed by atoms with Gasteiger partial charge < -0.3 is 24.6 Å². The summed E-state index contributed by atoms with van der Waals surface area (Å²) in [6, 6.07) is 8.32. The minimum atomic E-state index is -0.493. The number of benzene rings is 1. The smallest absolute Gasteiger partial charge is 0.410 e. The maximum absolute atomic E-state index is 12.1. The number of nitrogens with zero attached hydrogens (tertiary/aromatic N) is 3. The van der Waals surface area contributed by atoms with Crippen LogP contribution in [0.2, 0.25) is 0 Å². The molecule has 1 aromatic rings. The van der Waals surface area contributed by atoms with Crippen LogP contribution in [-0.2, 0) is 9.47 Å². The Balaban J connectivity index is 0.00000420. The van der Waals surface area contributed by atoms with E-state index in [0.717, 1.165) is 19.0 Å². The summed E-state index contributed by atoms with van der Waals surface area (Å²) < 4.78 is 11.4. The van der Waals surface area contributed by atoms with Crippen molar-refractivity contribution in [1.82, 2.24) is 15.1 Å². The van der Waals surface area contributed by atoms with E-state index in [1.807, 2.05) is 32.9 Å². The number of rotatable bonds is 4. The predicted octanol–water partition coefficient (Wildman–Crippen LogP) is 3.43. The highest BCUT2D eigenvalue weighted by Crippen LogP contribution is 2.24. The first-order chi connectivity index (χ1) is 13.2. The average Bonchev–Trinajstić information content (AvgIpc) is 2.64. The number of carbonyl (C=O) groups excluding carboxylic acids is 1. The van der Waals surface area contributed by atoms with E-state index in [-0.39, 0.29) is 36.2 Å². The van der Waals surface area contributed by atoms with Gasteiger partial charge in [-0.1, -0.05) is 24.3 Å². The molecule has 164 valence electrons. The third-order valence-corrected chi connectivity index (χ3v) is 4.55. The zero-order valence-electron chi connectivity index (χ0n) is 18.4. The molecule has 2 rings (SSSR count). The molecule has 1 aliphatic rings. The highest BCUT2D eigenvalue weighted by Gasteiger charge is 2.25. The highest BCUT2D eigenvalue weighted by atomic mass is 127. The van der Waals surface area contributed by atoms with Crippen molar-refractivity contribution in [3.63, 3.8) is 0 Å². The van der Waals surface area contributed by atoms with E-state index in [9.17, 15) is 4.79 Å². The van der Waals surface area contributed by atoms with E-state index in [1.54, 1.807) is 19.0 Å². The van der Waals surface area contributed by atoms with E-state index in [0.29, 0.717) is 19.7 Å². The Morgan fingerprint density at radius 3 is 2.69 bits per heavy atom. The SMILES string of the molecule is CN=C(NCCN(C)C(=O)OC(C)(C)C)N1CCOC(c2ccccc2C)C1.I. The van der Waals surface area contributed by atoms with E-state index in [2.05, 4.69) is 34.3 Å². The van der Waals surface area contributed by atoms with Crippen LogP contribution in [0.3, 0.4) is 0 Å². The van der Waals surface area contributed by atoms with Gasteiger partial charge in [0, 0.05) is 33.7 Å². The summed E-state index contributed by atoms with van der Waals surface area (Å²) in [4.78, 5) is 20.2. The summed E-state index contributed by atoms with van der Waals surface area (Å²) in [5.41, 5.74) is 1.95. The number of halogens is 1. The van der Waals surface area contributed by atoms with E-state index in [1.165, 1.54) is 11.1 Å². The van der Waals surface area contributed by atoms with Crippen molar-refractivity contribution < 1.29 is 14.3 Å². The van der Waals surface area contributed by atoms with Crippen molar-refractivity contribution in [2.24, 2.45) is 4.99 Å². The lowest BCUT2D eigenvalue weighted by Crippen LogP contribution is -2.49. The Labute approximate surface area is 191 Å². The van der Waals surface area contributed by atoms with Crippen molar-refractivity contribution in [2.75, 3.05) is 46.9 Å². The Bertz CT molecular complexity index is 691. The van der Waals surface area contributed by atoms with Crippen LogP contribution >= 0.6 is 24.0 Å². The van der Waals surface area contributed by atoms with Crippen LogP contribution in [0, 0.1) is 6.92 Å². The minimum Gasteiger partial charge on any atom is -0.444 e. The van der Waals surface area contributed by atoms with Gasteiger partial charge >= 0.3 is 6.09 Å². The van der Waals surface area contributed by atoms with Gasteiger partial charge in [0.1, 0.15) is 11.7 Å². The van der Waals surface area contributed by atoms with Gasteiger partial charge in [0.05, 0.1) is 13.2 Å². The lowest BCUT2D eigenvalue weighted by molar-refractivity contribution is -0.00834. The molecular weight excluding hydrogens is 483 g/mol. The summed E-state index contributed by atoms with van der Waals surface area (Å²) in [6.07, 6.45) is -0.298. The molecule has 1 heterocycles. The van der Waals surface area contributed by atoms with Gasteiger partial charge in [-0.25, -0.2) is 4.79 Å². The molecule has 8 heteroatoms. The summed E-state index contributed by atoms with van der Waals surface area (Å²) in [5, 5.41) is 3.35. The molecule has 1 unspecified atom stereocenters. The number of ether oxygens (including phenoxy) is 2. The fourth-order valence-electron chi connectivity index (χ4n) is 3.08. The minimum absolute atomic E-state index is 0. The van der Waals surface area contributed by atoms with Crippen LogP contribution < -0.4 is 5.32 Å². The molecule has 0 spiro atoms.